The van der Waals surface area contributed by atoms with E-state index < -0.39 is 5.92 Å². The number of nitrogens with zero attached hydrogens (tertiary/aromatic N) is 1. The van der Waals surface area contributed by atoms with Gasteiger partial charge in [0.05, 0.1) is 6.61 Å². The summed E-state index contributed by atoms with van der Waals surface area (Å²) in [5.41, 5.74) is 0.803. The normalized spacial score (nSPS) is 37.5. The number of aliphatic hydroxyl groups is 1. The summed E-state index contributed by atoms with van der Waals surface area (Å²) in [5.74, 6) is -0.915. The van der Waals surface area contributed by atoms with Crippen LogP contribution in [0, 0.1) is 0 Å². The number of carbonyl (C=O) groups excluding carboxylic acids is 1. The van der Waals surface area contributed by atoms with E-state index in [-0.39, 0.29) is 18.7 Å². The van der Waals surface area contributed by atoms with Crippen LogP contribution in [0.15, 0.2) is 30.3 Å². The van der Waals surface area contributed by atoms with Crippen LogP contribution in [0.1, 0.15) is 24.3 Å². The van der Waals surface area contributed by atoms with Crippen molar-refractivity contribution in [3.8, 4) is 0 Å². The average Bonchev–Trinajstić information content (AvgIpc) is 3.27. The fraction of sp³-hybridized carbons (Fsp3) is 0.588. The predicted octanol–water partition coefficient (Wildman–Crippen LogP) is 0.918. The van der Waals surface area contributed by atoms with Gasteiger partial charge < -0.3 is 14.6 Å². The first-order valence-corrected chi connectivity index (χ1v) is 7.92. The lowest BCUT2D eigenvalue weighted by Crippen LogP contribution is -2.48. The standard InChI is InChI=1S/C17H21NO4/c1-18-13-7-11(8-14(18)16-15(13)22-16)21-17(20)12(9-19)10-5-3-2-4-6-10/h2-6,11-16,19H,7-9H2,1H3/t11-,12?,13-,14+,15-,16+. The highest BCUT2D eigenvalue weighted by molar-refractivity contribution is 5.78. The van der Waals surface area contributed by atoms with Crippen molar-refractivity contribution < 1.29 is 19.4 Å². The van der Waals surface area contributed by atoms with Gasteiger partial charge in [0.15, 0.2) is 0 Å². The van der Waals surface area contributed by atoms with Crippen molar-refractivity contribution >= 4 is 5.97 Å². The molecular weight excluding hydrogens is 282 g/mol. The Kier molecular flexibility index (Phi) is 3.44. The van der Waals surface area contributed by atoms with Gasteiger partial charge in [-0.05, 0) is 12.6 Å². The fourth-order valence-corrected chi connectivity index (χ4v) is 4.04. The Bertz CT molecular complexity index is 545. The third kappa shape index (κ3) is 2.24. The van der Waals surface area contributed by atoms with E-state index in [1.807, 2.05) is 30.3 Å². The number of hydrogen-bond acceptors (Lipinski definition) is 5. The van der Waals surface area contributed by atoms with Crippen molar-refractivity contribution in [2.45, 2.75) is 49.2 Å². The lowest BCUT2D eigenvalue weighted by Gasteiger charge is -2.38. The van der Waals surface area contributed by atoms with E-state index in [1.165, 1.54) is 0 Å². The molecule has 6 atom stereocenters. The molecule has 0 aliphatic carbocycles. The monoisotopic (exact) mass is 303 g/mol. The Hall–Kier alpha value is -1.43. The lowest BCUT2D eigenvalue weighted by molar-refractivity contribution is -0.156. The Morgan fingerprint density at radius 2 is 1.95 bits per heavy atom. The van der Waals surface area contributed by atoms with Gasteiger partial charge in [-0.25, -0.2) is 0 Å². The molecule has 4 rings (SSSR count). The van der Waals surface area contributed by atoms with Gasteiger partial charge >= 0.3 is 5.97 Å². The van der Waals surface area contributed by atoms with Crippen molar-refractivity contribution in [3.05, 3.63) is 35.9 Å². The van der Waals surface area contributed by atoms with Gasteiger partial charge in [0.2, 0.25) is 0 Å². The summed E-state index contributed by atoms with van der Waals surface area (Å²) in [5, 5.41) is 9.56. The van der Waals surface area contributed by atoms with Crippen LogP contribution < -0.4 is 0 Å². The molecule has 0 radical (unpaired) electrons. The van der Waals surface area contributed by atoms with Crippen molar-refractivity contribution in [3.63, 3.8) is 0 Å². The van der Waals surface area contributed by atoms with Crippen molar-refractivity contribution in [1.29, 1.82) is 0 Å². The van der Waals surface area contributed by atoms with E-state index in [2.05, 4.69) is 11.9 Å². The third-order valence-electron chi connectivity index (χ3n) is 5.33. The number of aliphatic hydroxyl groups excluding tert-OH is 1. The van der Waals surface area contributed by atoms with Gasteiger partial charge in [-0.2, -0.15) is 0 Å². The first-order valence-electron chi connectivity index (χ1n) is 7.92. The van der Waals surface area contributed by atoms with Crippen molar-refractivity contribution in [2.24, 2.45) is 0 Å². The molecule has 1 N–H and O–H groups in total. The molecule has 1 aromatic rings. The van der Waals surface area contributed by atoms with Crippen LogP contribution in [0.4, 0.5) is 0 Å². The maximum Gasteiger partial charge on any atom is 0.316 e. The lowest BCUT2D eigenvalue weighted by atomic mass is 9.97. The highest BCUT2D eigenvalue weighted by Crippen LogP contribution is 2.48. The number of fused-ring (bicyclic) bond motifs is 5. The summed E-state index contributed by atoms with van der Waals surface area (Å²) in [6.45, 7) is -0.226. The Morgan fingerprint density at radius 1 is 1.32 bits per heavy atom. The second-order valence-corrected chi connectivity index (χ2v) is 6.54. The van der Waals surface area contributed by atoms with Gasteiger partial charge in [-0.1, -0.05) is 30.3 Å². The first kappa shape index (κ1) is 14.2. The third-order valence-corrected chi connectivity index (χ3v) is 5.33. The van der Waals surface area contributed by atoms with Gasteiger partial charge in [-0.3, -0.25) is 9.69 Å². The molecule has 0 saturated carbocycles. The molecule has 3 saturated heterocycles. The van der Waals surface area contributed by atoms with Gasteiger partial charge in [0.25, 0.3) is 0 Å². The number of epoxide rings is 1. The Balaban J connectivity index is 1.42. The van der Waals surface area contributed by atoms with Gasteiger partial charge in [0.1, 0.15) is 24.2 Å². The summed E-state index contributed by atoms with van der Waals surface area (Å²) in [6, 6.07) is 10.1. The molecule has 0 aromatic heterocycles. The molecule has 118 valence electrons. The molecule has 3 aliphatic rings. The highest BCUT2D eigenvalue weighted by atomic mass is 16.6. The first-order chi connectivity index (χ1) is 10.7. The van der Waals surface area contributed by atoms with Crippen LogP contribution in [0.25, 0.3) is 0 Å². The maximum atomic E-state index is 12.4. The zero-order chi connectivity index (χ0) is 15.3. The zero-order valence-electron chi connectivity index (χ0n) is 12.6. The number of likely N-dealkylation sites (N-methyl/N-ethyl adjacent to an activating group) is 1. The molecule has 1 aromatic carbocycles. The molecule has 3 fully saturated rings. The molecule has 0 amide bonds. The van der Waals surface area contributed by atoms with E-state index in [0.29, 0.717) is 24.3 Å². The molecule has 5 heteroatoms. The van der Waals surface area contributed by atoms with E-state index >= 15 is 0 Å². The number of morpholine rings is 1. The van der Waals surface area contributed by atoms with Crippen molar-refractivity contribution in [1.82, 2.24) is 4.90 Å². The van der Waals surface area contributed by atoms with Crippen LogP contribution in [-0.2, 0) is 14.3 Å². The van der Waals surface area contributed by atoms with Crippen LogP contribution in [0.5, 0.6) is 0 Å². The molecule has 3 aliphatic heterocycles. The van der Waals surface area contributed by atoms with Gasteiger partial charge in [0, 0.05) is 24.9 Å². The molecule has 5 nitrogen and oxygen atoms in total. The summed E-state index contributed by atoms with van der Waals surface area (Å²) < 4.78 is 11.4. The quantitative estimate of drug-likeness (QED) is 0.662. The van der Waals surface area contributed by atoms with Crippen molar-refractivity contribution in [2.75, 3.05) is 13.7 Å². The topological polar surface area (TPSA) is 62.3 Å². The molecular formula is C17H21NO4. The smallest absolute Gasteiger partial charge is 0.316 e. The van der Waals surface area contributed by atoms with E-state index in [1.54, 1.807) is 0 Å². The molecule has 22 heavy (non-hydrogen) atoms. The Labute approximate surface area is 129 Å². The molecule has 1 unspecified atom stereocenters. The summed E-state index contributed by atoms with van der Waals surface area (Å²) in [4.78, 5) is 14.8. The number of hydrogen-bond donors (Lipinski definition) is 1. The predicted molar refractivity (Wildman–Crippen MR) is 79.4 cm³/mol. The zero-order valence-corrected chi connectivity index (χ0v) is 12.6. The number of esters is 1. The molecule has 0 spiro atoms. The number of piperidine rings is 1. The maximum absolute atomic E-state index is 12.4. The minimum atomic E-state index is -0.593. The summed E-state index contributed by atoms with van der Waals surface area (Å²) in [6.07, 6.45) is 2.26. The number of rotatable bonds is 4. The number of ether oxygens (including phenoxy) is 2. The fourth-order valence-electron chi connectivity index (χ4n) is 4.04. The van der Waals surface area contributed by atoms with Gasteiger partial charge in [-0.15, -0.1) is 0 Å². The SMILES string of the molecule is CN1[C@@H]2C[C@@H](OC(=O)C(CO)c3ccccc3)C[C@H]1[C@@H]1O[C@@H]12. The molecule has 3 heterocycles. The summed E-state index contributed by atoms with van der Waals surface area (Å²) in [7, 11) is 2.13. The van der Waals surface area contributed by atoms with E-state index in [4.69, 9.17) is 9.47 Å². The van der Waals surface area contributed by atoms with Crippen LogP contribution in [0.2, 0.25) is 0 Å². The minimum Gasteiger partial charge on any atom is -0.462 e. The molecule has 2 bridgehead atoms. The number of carbonyl (C=O) groups is 1. The van der Waals surface area contributed by atoms with E-state index in [0.717, 1.165) is 18.4 Å². The minimum absolute atomic E-state index is 0.0622. The highest BCUT2D eigenvalue weighted by Gasteiger charge is 2.62. The largest absolute Gasteiger partial charge is 0.462 e. The average molecular weight is 303 g/mol. The van der Waals surface area contributed by atoms with E-state index in [9.17, 15) is 9.90 Å². The van der Waals surface area contributed by atoms with Crippen LogP contribution >= 0.6 is 0 Å². The second kappa shape index (κ2) is 5.33. The van der Waals surface area contributed by atoms with Crippen LogP contribution in [0.3, 0.4) is 0 Å². The Morgan fingerprint density at radius 3 is 2.55 bits per heavy atom. The second-order valence-electron chi connectivity index (χ2n) is 6.54. The summed E-state index contributed by atoms with van der Waals surface area (Å²) >= 11 is 0. The van der Waals surface area contributed by atoms with Crippen LogP contribution in [-0.4, -0.2) is 60.0 Å². The number of benzene rings is 1.